The molecule has 21 heavy (non-hydrogen) atoms. The Hall–Kier alpha value is -2.10. The van der Waals surface area contributed by atoms with Gasteiger partial charge in [0.25, 0.3) is 0 Å². The Morgan fingerprint density at radius 3 is 2.24 bits per heavy atom. The fourth-order valence-electron chi connectivity index (χ4n) is 3.72. The third-order valence-electron chi connectivity index (χ3n) is 4.76. The lowest BCUT2D eigenvalue weighted by molar-refractivity contribution is -0.313. The van der Waals surface area contributed by atoms with Gasteiger partial charge in [-0.15, -0.1) is 0 Å². The Morgan fingerprint density at radius 2 is 1.67 bits per heavy atom. The number of amides is 1. The number of hydrogen-bond acceptors (Lipinski definition) is 3. The molecule has 4 atom stereocenters. The summed E-state index contributed by atoms with van der Waals surface area (Å²) in [6.07, 6.45) is 4.62. The van der Waals surface area contributed by atoms with Crippen molar-refractivity contribution in [3.8, 4) is 0 Å². The minimum atomic E-state index is -1.12. The van der Waals surface area contributed by atoms with Crippen molar-refractivity contribution in [3.63, 3.8) is 0 Å². The average Bonchev–Trinajstić information content (AvgIpc) is 3.03. The van der Waals surface area contributed by atoms with E-state index < -0.39 is 17.8 Å². The topological polar surface area (TPSA) is 69.2 Å². The highest BCUT2D eigenvalue weighted by Crippen LogP contribution is 2.48. The molecule has 1 saturated carbocycles. The smallest absolute Gasteiger partial charge is 0.228 e. The molecule has 1 aromatic rings. The number of benzene rings is 1. The molecule has 1 fully saturated rings. The summed E-state index contributed by atoms with van der Waals surface area (Å²) >= 11 is 0. The Bertz CT molecular complexity index is 615. The highest BCUT2D eigenvalue weighted by molar-refractivity contribution is 5.97. The van der Waals surface area contributed by atoms with E-state index >= 15 is 0 Å². The van der Waals surface area contributed by atoms with Crippen LogP contribution in [0.3, 0.4) is 0 Å². The van der Waals surface area contributed by atoms with E-state index in [2.05, 4.69) is 5.32 Å². The summed E-state index contributed by atoms with van der Waals surface area (Å²) in [6, 6.07) is 5.80. The van der Waals surface area contributed by atoms with E-state index in [9.17, 15) is 14.7 Å². The minimum Gasteiger partial charge on any atom is -0.550 e. The molecule has 0 saturated heterocycles. The molecule has 4 heteroatoms. The van der Waals surface area contributed by atoms with E-state index in [4.69, 9.17) is 0 Å². The third kappa shape index (κ3) is 2.24. The molecule has 2 aliphatic rings. The Balaban J connectivity index is 1.85. The maximum absolute atomic E-state index is 12.6. The van der Waals surface area contributed by atoms with Crippen LogP contribution >= 0.6 is 0 Å². The summed E-state index contributed by atoms with van der Waals surface area (Å²) in [7, 11) is 0. The first kappa shape index (κ1) is 13.9. The zero-order valence-electron chi connectivity index (χ0n) is 12.1. The van der Waals surface area contributed by atoms with E-state index in [0.29, 0.717) is 0 Å². The van der Waals surface area contributed by atoms with Gasteiger partial charge in [0.2, 0.25) is 5.91 Å². The van der Waals surface area contributed by atoms with Crippen molar-refractivity contribution < 1.29 is 14.7 Å². The highest BCUT2D eigenvalue weighted by Gasteiger charge is 2.48. The van der Waals surface area contributed by atoms with Crippen LogP contribution in [0.5, 0.6) is 0 Å². The molecular formula is C17H18NO3-. The van der Waals surface area contributed by atoms with Crippen LogP contribution in [0.2, 0.25) is 0 Å². The molecule has 1 aromatic carbocycles. The van der Waals surface area contributed by atoms with Gasteiger partial charge >= 0.3 is 0 Å². The van der Waals surface area contributed by atoms with Gasteiger partial charge in [-0.25, -0.2) is 0 Å². The molecule has 3 rings (SSSR count). The maximum atomic E-state index is 12.6. The lowest BCUT2D eigenvalue weighted by atomic mass is 9.82. The van der Waals surface area contributed by atoms with Crippen molar-refractivity contribution in [1.82, 2.24) is 0 Å². The SMILES string of the molecule is Cc1cccc(C)c1NC(=O)[C@H]1[C@@H](C(=O)[O-])[C@H]2C=C[C@H]1C2. The number of nitrogens with one attached hydrogen (secondary N) is 1. The van der Waals surface area contributed by atoms with Gasteiger partial charge in [-0.05, 0) is 43.2 Å². The first-order valence-corrected chi connectivity index (χ1v) is 7.25. The second kappa shape index (κ2) is 5.02. The predicted octanol–water partition coefficient (Wildman–Crippen LogP) is 1.43. The number of aliphatic carboxylic acids is 1. The number of carboxylic acids is 1. The van der Waals surface area contributed by atoms with Crippen molar-refractivity contribution in [1.29, 1.82) is 0 Å². The molecule has 0 radical (unpaired) electrons. The van der Waals surface area contributed by atoms with E-state index in [1.165, 1.54) is 0 Å². The fourth-order valence-corrected chi connectivity index (χ4v) is 3.72. The molecule has 110 valence electrons. The summed E-state index contributed by atoms with van der Waals surface area (Å²) in [6.45, 7) is 3.86. The highest BCUT2D eigenvalue weighted by atomic mass is 16.4. The van der Waals surface area contributed by atoms with Gasteiger partial charge in [0.05, 0.1) is 5.92 Å². The number of carbonyl (C=O) groups excluding carboxylic acids is 2. The average molecular weight is 284 g/mol. The first-order valence-electron chi connectivity index (χ1n) is 7.25. The van der Waals surface area contributed by atoms with Crippen LogP contribution < -0.4 is 10.4 Å². The normalized spacial score (nSPS) is 29.6. The van der Waals surface area contributed by atoms with Crippen molar-refractivity contribution in [2.75, 3.05) is 5.32 Å². The number of aryl methyl sites for hydroxylation is 2. The standard InChI is InChI=1S/C17H19NO3/c1-9-4-3-5-10(2)15(9)18-16(19)13-11-6-7-12(8-11)14(13)17(20)21/h3-7,11-14H,8H2,1-2H3,(H,18,19)(H,20,21)/p-1/t11-,12-,13+,14-/m0/s1. The summed E-state index contributed by atoms with van der Waals surface area (Å²) in [5, 5.41) is 14.3. The molecule has 0 aliphatic heterocycles. The van der Waals surface area contributed by atoms with Crippen molar-refractivity contribution in [3.05, 3.63) is 41.5 Å². The Labute approximate surface area is 123 Å². The zero-order chi connectivity index (χ0) is 15.1. The van der Waals surface area contributed by atoms with Crippen LogP contribution in [0, 0.1) is 37.5 Å². The van der Waals surface area contributed by atoms with Gasteiger partial charge in [0.15, 0.2) is 0 Å². The number of fused-ring (bicyclic) bond motifs is 2. The van der Waals surface area contributed by atoms with Gasteiger partial charge in [-0.2, -0.15) is 0 Å². The second-order valence-electron chi connectivity index (χ2n) is 6.07. The molecule has 2 bridgehead atoms. The Kier molecular flexibility index (Phi) is 3.32. The van der Waals surface area contributed by atoms with E-state index in [0.717, 1.165) is 23.2 Å². The number of para-hydroxylation sites is 1. The van der Waals surface area contributed by atoms with E-state index in [1.54, 1.807) is 0 Å². The third-order valence-corrected chi connectivity index (χ3v) is 4.76. The number of rotatable bonds is 3. The predicted molar refractivity (Wildman–Crippen MR) is 77.3 cm³/mol. The summed E-state index contributed by atoms with van der Waals surface area (Å²) < 4.78 is 0. The molecule has 1 N–H and O–H groups in total. The van der Waals surface area contributed by atoms with Gasteiger partial charge in [-0.1, -0.05) is 30.4 Å². The van der Waals surface area contributed by atoms with Gasteiger partial charge in [0.1, 0.15) is 0 Å². The van der Waals surface area contributed by atoms with Crippen LogP contribution in [-0.4, -0.2) is 11.9 Å². The molecule has 0 heterocycles. The van der Waals surface area contributed by atoms with Crippen LogP contribution in [0.1, 0.15) is 17.5 Å². The summed E-state index contributed by atoms with van der Waals surface area (Å²) in [5.74, 6) is -2.60. The first-order chi connectivity index (χ1) is 9.99. The number of anilines is 1. The number of hydrogen-bond donors (Lipinski definition) is 1. The molecule has 1 amide bonds. The Morgan fingerprint density at radius 1 is 1.10 bits per heavy atom. The molecule has 2 aliphatic carbocycles. The van der Waals surface area contributed by atoms with Gasteiger partial charge in [-0.3, -0.25) is 4.79 Å². The fraction of sp³-hybridized carbons (Fsp3) is 0.412. The molecule has 4 nitrogen and oxygen atoms in total. The minimum absolute atomic E-state index is 0.0159. The molecule has 0 aromatic heterocycles. The molecule has 0 spiro atoms. The van der Waals surface area contributed by atoms with E-state index in [1.807, 2.05) is 44.2 Å². The monoisotopic (exact) mass is 284 g/mol. The number of carboxylic acid groups (broad SMARTS) is 1. The number of allylic oxidation sites excluding steroid dienone is 2. The van der Waals surface area contributed by atoms with E-state index in [-0.39, 0.29) is 17.7 Å². The lowest BCUT2D eigenvalue weighted by Gasteiger charge is -2.28. The zero-order valence-corrected chi connectivity index (χ0v) is 12.1. The van der Waals surface area contributed by atoms with Gasteiger partial charge in [0, 0.05) is 17.6 Å². The summed E-state index contributed by atoms with van der Waals surface area (Å²) in [4.78, 5) is 24.0. The summed E-state index contributed by atoms with van der Waals surface area (Å²) in [5.41, 5.74) is 2.74. The van der Waals surface area contributed by atoms with Crippen LogP contribution in [-0.2, 0) is 9.59 Å². The van der Waals surface area contributed by atoms with Crippen molar-refractivity contribution in [2.45, 2.75) is 20.3 Å². The van der Waals surface area contributed by atoms with Crippen LogP contribution in [0.25, 0.3) is 0 Å². The van der Waals surface area contributed by atoms with Crippen LogP contribution in [0.4, 0.5) is 5.69 Å². The second-order valence-corrected chi connectivity index (χ2v) is 6.07. The number of carbonyl (C=O) groups is 2. The quantitative estimate of drug-likeness (QED) is 0.854. The lowest BCUT2D eigenvalue weighted by Crippen LogP contribution is -2.43. The van der Waals surface area contributed by atoms with Gasteiger partial charge < -0.3 is 15.2 Å². The van der Waals surface area contributed by atoms with Crippen LogP contribution in [0.15, 0.2) is 30.4 Å². The molecule has 0 unspecified atom stereocenters. The largest absolute Gasteiger partial charge is 0.550 e. The van der Waals surface area contributed by atoms with Crippen molar-refractivity contribution >= 4 is 17.6 Å². The maximum Gasteiger partial charge on any atom is 0.228 e. The molecular weight excluding hydrogens is 266 g/mol. The van der Waals surface area contributed by atoms with Crippen molar-refractivity contribution in [2.24, 2.45) is 23.7 Å².